The van der Waals surface area contributed by atoms with Crippen molar-refractivity contribution < 1.29 is 4.74 Å². The number of anilines is 1. The van der Waals surface area contributed by atoms with Crippen molar-refractivity contribution in [2.75, 3.05) is 24.6 Å². The Bertz CT molecular complexity index is 283. The van der Waals surface area contributed by atoms with Crippen molar-refractivity contribution in [3.05, 3.63) is 18.5 Å². The summed E-state index contributed by atoms with van der Waals surface area (Å²) >= 11 is 0. The van der Waals surface area contributed by atoms with Crippen LogP contribution in [0.15, 0.2) is 18.5 Å². The molecule has 2 heterocycles. The average molecular weight is 207 g/mol. The molecular formula is C11H17N3O. The van der Waals surface area contributed by atoms with Crippen molar-refractivity contribution in [1.29, 1.82) is 0 Å². The number of aromatic nitrogens is 2. The van der Waals surface area contributed by atoms with Crippen LogP contribution in [-0.2, 0) is 4.74 Å². The second kappa shape index (κ2) is 5.07. The second-order valence-corrected chi connectivity index (χ2v) is 3.69. The summed E-state index contributed by atoms with van der Waals surface area (Å²) in [4.78, 5) is 10.7. The van der Waals surface area contributed by atoms with Crippen molar-refractivity contribution in [2.45, 2.75) is 25.9 Å². The van der Waals surface area contributed by atoms with Crippen LogP contribution in [0.1, 0.15) is 19.8 Å². The van der Waals surface area contributed by atoms with E-state index in [-0.39, 0.29) is 0 Å². The molecule has 0 radical (unpaired) electrons. The highest BCUT2D eigenvalue weighted by Gasteiger charge is 2.20. The molecule has 15 heavy (non-hydrogen) atoms. The van der Waals surface area contributed by atoms with E-state index in [0.29, 0.717) is 6.10 Å². The number of hydrogen-bond acceptors (Lipinski definition) is 4. The summed E-state index contributed by atoms with van der Waals surface area (Å²) in [5.41, 5.74) is 0. The van der Waals surface area contributed by atoms with E-state index < -0.39 is 0 Å². The van der Waals surface area contributed by atoms with E-state index in [2.05, 4.69) is 14.9 Å². The van der Waals surface area contributed by atoms with E-state index in [9.17, 15) is 0 Å². The van der Waals surface area contributed by atoms with Gasteiger partial charge >= 0.3 is 0 Å². The molecular weight excluding hydrogens is 190 g/mol. The van der Waals surface area contributed by atoms with Gasteiger partial charge in [0.05, 0.1) is 6.10 Å². The van der Waals surface area contributed by atoms with Gasteiger partial charge in [-0.3, -0.25) is 0 Å². The van der Waals surface area contributed by atoms with E-state index in [4.69, 9.17) is 4.74 Å². The van der Waals surface area contributed by atoms with Gasteiger partial charge in [-0.05, 0) is 25.8 Å². The average Bonchev–Trinajstić information content (AvgIpc) is 2.32. The summed E-state index contributed by atoms with van der Waals surface area (Å²) in [5.74, 6) is 0.840. The zero-order valence-corrected chi connectivity index (χ0v) is 9.09. The van der Waals surface area contributed by atoms with Crippen molar-refractivity contribution in [2.24, 2.45) is 0 Å². The van der Waals surface area contributed by atoms with E-state index in [1.807, 2.05) is 13.0 Å². The van der Waals surface area contributed by atoms with Crippen LogP contribution in [0, 0.1) is 0 Å². The third-order valence-electron chi connectivity index (χ3n) is 2.68. The van der Waals surface area contributed by atoms with Gasteiger partial charge in [-0.15, -0.1) is 0 Å². The number of nitrogens with zero attached hydrogens (tertiary/aromatic N) is 3. The molecule has 0 aliphatic carbocycles. The fraction of sp³-hybridized carbons (Fsp3) is 0.636. The lowest BCUT2D eigenvalue weighted by molar-refractivity contribution is 0.0457. The van der Waals surface area contributed by atoms with E-state index >= 15 is 0 Å². The Morgan fingerprint density at radius 1 is 1.33 bits per heavy atom. The standard InChI is InChI=1S/C11H17N3O/c1-2-15-10-4-8-14(9-5-10)11-12-6-3-7-13-11/h3,6-7,10H,2,4-5,8-9H2,1H3. The Hall–Kier alpha value is -1.16. The molecule has 82 valence electrons. The van der Waals surface area contributed by atoms with Gasteiger partial charge in [0.15, 0.2) is 0 Å². The third-order valence-corrected chi connectivity index (χ3v) is 2.68. The monoisotopic (exact) mass is 207 g/mol. The Labute approximate surface area is 90.3 Å². The molecule has 0 unspecified atom stereocenters. The van der Waals surface area contributed by atoms with Gasteiger partial charge in [0.25, 0.3) is 0 Å². The molecule has 1 saturated heterocycles. The Morgan fingerprint density at radius 3 is 2.60 bits per heavy atom. The molecule has 4 heteroatoms. The quantitative estimate of drug-likeness (QED) is 0.752. The van der Waals surface area contributed by atoms with Crippen molar-refractivity contribution in [3.63, 3.8) is 0 Å². The van der Waals surface area contributed by atoms with Gasteiger partial charge in [0.2, 0.25) is 5.95 Å². The highest BCUT2D eigenvalue weighted by Crippen LogP contribution is 2.17. The predicted octanol–water partition coefficient (Wildman–Crippen LogP) is 1.48. The highest BCUT2D eigenvalue weighted by atomic mass is 16.5. The molecule has 0 atom stereocenters. The van der Waals surface area contributed by atoms with Crippen LogP contribution in [0.4, 0.5) is 5.95 Å². The minimum absolute atomic E-state index is 0.426. The third kappa shape index (κ3) is 2.65. The summed E-state index contributed by atoms with van der Waals surface area (Å²) < 4.78 is 5.60. The first-order valence-corrected chi connectivity index (χ1v) is 5.53. The van der Waals surface area contributed by atoms with Crippen LogP contribution < -0.4 is 4.90 Å². The lowest BCUT2D eigenvalue weighted by Crippen LogP contribution is -2.37. The summed E-state index contributed by atoms with van der Waals surface area (Å²) in [6.45, 7) is 4.85. The first-order valence-electron chi connectivity index (χ1n) is 5.53. The largest absolute Gasteiger partial charge is 0.378 e. The van der Waals surface area contributed by atoms with Gasteiger partial charge in [-0.2, -0.15) is 0 Å². The maximum absolute atomic E-state index is 5.60. The zero-order chi connectivity index (χ0) is 10.5. The van der Waals surface area contributed by atoms with Crippen molar-refractivity contribution in [3.8, 4) is 0 Å². The molecule has 1 aromatic heterocycles. The molecule has 0 spiro atoms. The number of ether oxygens (including phenoxy) is 1. The minimum Gasteiger partial charge on any atom is -0.378 e. The summed E-state index contributed by atoms with van der Waals surface area (Å²) in [6.07, 6.45) is 6.15. The smallest absolute Gasteiger partial charge is 0.225 e. The van der Waals surface area contributed by atoms with Crippen LogP contribution in [0.2, 0.25) is 0 Å². The molecule has 1 aliphatic rings. The molecule has 0 amide bonds. The first-order chi connectivity index (χ1) is 7.40. The summed E-state index contributed by atoms with van der Waals surface area (Å²) in [7, 11) is 0. The number of rotatable bonds is 3. The van der Waals surface area contributed by atoms with E-state index in [1.54, 1.807) is 12.4 Å². The van der Waals surface area contributed by atoms with Crippen LogP contribution in [0.3, 0.4) is 0 Å². The second-order valence-electron chi connectivity index (χ2n) is 3.69. The molecule has 0 saturated carbocycles. The Balaban J connectivity index is 1.88. The van der Waals surface area contributed by atoms with Gasteiger partial charge in [0, 0.05) is 32.1 Å². The molecule has 0 bridgehead atoms. The van der Waals surface area contributed by atoms with Crippen molar-refractivity contribution >= 4 is 5.95 Å². The van der Waals surface area contributed by atoms with Gasteiger partial charge in [0.1, 0.15) is 0 Å². The fourth-order valence-electron chi connectivity index (χ4n) is 1.91. The predicted molar refractivity (Wildman–Crippen MR) is 58.9 cm³/mol. The van der Waals surface area contributed by atoms with Crippen LogP contribution in [-0.4, -0.2) is 35.8 Å². The van der Waals surface area contributed by atoms with Gasteiger partial charge in [-0.25, -0.2) is 9.97 Å². The van der Waals surface area contributed by atoms with E-state index in [0.717, 1.165) is 38.5 Å². The van der Waals surface area contributed by atoms with Crippen molar-refractivity contribution in [1.82, 2.24) is 9.97 Å². The van der Waals surface area contributed by atoms with E-state index in [1.165, 1.54) is 0 Å². The Kier molecular flexibility index (Phi) is 3.50. The minimum atomic E-state index is 0.426. The molecule has 0 N–H and O–H groups in total. The van der Waals surface area contributed by atoms with Crippen LogP contribution >= 0.6 is 0 Å². The number of hydrogen-bond donors (Lipinski definition) is 0. The lowest BCUT2D eigenvalue weighted by Gasteiger charge is -2.31. The maximum atomic E-state index is 5.60. The zero-order valence-electron chi connectivity index (χ0n) is 9.09. The van der Waals surface area contributed by atoms with Crippen LogP contribution in [0.25, 0.3) is 0 Å². The Morgan fingerprint density at radius 2 is 2.00 bits per heavy atom. The molecule has 2 rings (SSSR count). The molecule has 1 aliphatic heterocycles. The normalized spacial score (nSPS) is 18.1. The fourth-order valence-corrected chi connectivity index (χ4v) is 1.91. The van der Waals surface area contributed by atoms with Gasteiger partial charge < -0.3 is 9.64 Å². The molecule has 1 fully saturated rings. The van der Waals surface area contributed by atoms with Gasteiger partial charge in [-0.1, -0.05) is 0 Å². The van der Waals surface area contributed by atoms with Crippen LogP contribution in [0.5, 0.6) is 0 Å². The SMILES string of the molecule is CCOC1CCN(c2ncccn2)CC1. The highest BCUT2D eigenvalue weighted by molar-refractivity contribution is 5.28. The maximum Gasteiger partial charge on any atom is 0.225 e. The summed E-state index contributed by atoms with van der Waals surface area (Å²) in [5, 5.41) is 0. The first kappa shape index (κ1) is 10.4. The summed E-state index contributed by atoms with van der Waals surface area (Å²) in [6, 6.07) is 1.84. The topological polar surface area (TPSA) is 38.2 Å². The molecule has 0 aromatic carbocycles. The lowest BCUT2D eigenvalue weighted by atomic mass is 10.1. The number of piperidine rings is 1. The molecule has 1 aromatic rings. The molecule has 4 nitrogen and oxygen atoms in total.